The van der Waals surface area contributed by atoms with Gasteiger partial charge in [-0.25, -0.2) is 9.67 Å². The number of hydrogen-bond acceptors (Lipinski definition) is 5. The number of anilines is 1. The van der Waals surface area contributed by atoms with E-state index in [0.717, 1.165) is 11.1 Å². The Kier molecular flexibility index (Phi) is 4.51. The molecule has 8 nitrogen and oxygen atoms in total. The molecule has 8 heteroatoms. The minimum absolute atomic E-state index is 0.0721. The van der Waals surface area contributed by atoms with Crippen LogP contribution in [-0.2, 0) is 6.54 Å². The van der Waals surface area contributed by atoms with E-state index < -0.39 is 10.8 Å². The van der Waals surface area contributed by atoms with E-state index in [4.69, 9.17) is 0 Å². The molecule has 0 unspecified atom stereocenters. The van der Waals surface area contributed by atoms with E-state index in [9.17, 15) is 14.9 Å². The molecule has 1 amide bonds. The van der Waals surface area contributed by atoms with Crippen molar-refractivity contribution in [2.24, 2.45) is 0 Å². The molecule has 25 heavy (non-hydrogen) atoms. The number of nitrogens with zero attached hydrogens (tertiary/aromatic N) is 4. The van der Waals surface area contributed by atoms with Gasteiger partial charge in [0.25, 0.3) is 11.6 Å². The van der Waals surface area contributed by atoms with Gasteiger partial charge >= 0.3 is 0 Å². The normalized spacial score (nSPS) is 10.4. The highest BCUT2D eigenvalue weighted by atomic mass is 16.6. The minimum atomic E-state index is -0.517. The number of amides is 1. The second kappa shape index (κ2) is 6.91. The van der Waals surface area contributed by atoms with Crippen molar-refractivity contribution in [3.63, 3.8) is 0 Å². The van der Waals surface area contributed by atoms with Gasteiger partial charge in [0, 0.05) is 17.7 Å². The standard InChI is InChI=1S/C17H15N5O3/c1-12-4-2-3-5-14(12)10-21-11-18-17(20-21)19-16(23)13-6-8-15(9-7-13)22(24)25/h2-9,11H,10H2,1H3,(H,19,20,23). The summed E-state index contributed by atoms with van der Waals surface area (Å²) in [5.74, 6) is -0.250. The molecule has 3 aromatic rings. The fourth-order valence-electron chi connectivity index (χ4n) is 2.30. The summed E-state index contributed by atoms with van der Waals surface area (Å²) in [6, 6.07) is 13.3. The minimum Gasteiger partial charge on any atom is -0.289 e. The van der Waals surface area contributed by atoms with Gasteiger partial charge < -0.3 is 0 Å². The van der Waals surface area contributed by atoms with Crippen LogP contribution >= 0.6 is 0 Å². The van der Waals surface area contributed by atoms with Crippen LogP contribution in [0, 0.1) is 17.0 Å². The summed E-state index contributed by atoms with van der Waals surface area (Å²) in [4.78, 5) is 26.3. The molecule has 0 fully saturated rings. The highest BCUT2D eigenvalue weighted by Crippen LogP contribution is 2.13. The maximum atomic E-state index is 12.1. The summed E-state index contributed by atoms with van der Waals surface area (Å²) < 4.78 is 1.63. The molecule has 1 heterocycles. The number of rotatable bonds is 5. The van der Waals surface area contributed by atoms with E-state index in [1.807, 2.05) is 31.2 Å². The number of benzene rings is 2. The van der Waals surface area contributed by atoms with Crippen molar-refractivity contribution in [3.05, 3.63) is 81.7 Å². The van der Waals surface area contributed by atoms with Crippen molar-refractivity contribution in [3.8, 4) is 0 Å². The zero-order valence-electron chi connectivity index (χ0n) is 13.4. The number of aromatic nitrogens is 3. The first-order valence-electron chi connectivity index (χ1n) is 7.52. The first kappa shape index (κ1) is 16.3. The molecule has 0 saturated carbocycles. The topological polar surface area (TPSA) is 103 Å². The van der Waals surface area contributed by atoms with Crippen LogP contribution in [0.15, 0.2) is 54.9 Å². The summed E-state index contributed by atoms with van der Waals surface area (Å²) in [7, 11) is 0. The molecule has 126 valence electrons. The van der Waals surface area contributed by atoms with E-state index in [2.05, 4.69) is 15.4 Å². The van der Waals surface area contributed by atoms with Crippen LogP contribution in [0.1, 0.15) is 21.5 Å². The zero-order chi connectivity index (χ0) is 17.8. The third-order valence-electron chi connectivity index (χ3n) is 3.70. The molecule has 0 aliphatic heterocycles. The maximum absolute atomic E-state index is 12.1. The highest BCUT2D eigenvalue weighted by molar-refractivity contribution is 6.03. The van der Waals surface area contributed by atoms with E-state index in [-0.39, 0.29) is 11.6 Å². The van der Waals surface area contributed by atoms with Crippen molar-refractivity contribution >= 4 is 17.5 Å². The molecule has 0 aliphatic carbocycles. The Morgan fingerprint density at radius 3 is 2.60 bits per heavy atom. The third kappa shape index (κ3) is 3.86. The van der Waals surface area contributed by atoms with E-state index in [0.29, 0.717) is 12.1 Å². The van der Waals surface area contributed by atoms with Gasteiger partial charge in [0.2, 0.25) is 5.95 Å². The van der Waals surface area contributed by atoms with Crippen LogP contribution < -0.4 is 5.32 Å². The molecule has 0 bridgehead atoms. The summed E-state index contributed by atoms with van der Waals surface area (Å²) in [6.45, 7) is 2.57. The van der Waals surface area contributed by atoms with E-state index in [1.165, 1.54) is 30.6 Å². The largest absolute Gasteiger partial charge is 0.289 e. The molecule has 0 aliphatic rings. The van der Waals surface area contributed by atoms with Gasteiger partial charge in [0.15, 0.2) is 0 Å². The second-order valence-electron chi connectivity index (χ2n) is 5.45. The number of carbonyl (C=O) groups excluding carboxylic acids is 1. The molecule has 0 atom stereocenters. The van der Waals surface area contributed by atoms with Gasteiger partial charge in [-0.05, 0) is 30.2 Å². The van der Waals surface area contributed by atoms with Crippen LogP contribution in [0.3, 0.4) is 0 Å². The van der Waals surface area contributed by atoms with Crippen molar-refractivity contribution in [2.45, 2.75) is 13.5 Å². The Morgan fingerprint density at radius 2 is 1.92 bits per heavy atom. The number of nitro benzene ring substituents is 1. The summed E-state index contributed by atoms with van der Waals surface area (Å²) in [5, 5.41) is 17.4. The average Bonchev–Trinajstić information content (AvgIpc) is 3.04. The lowest BCUT2D eigenvalue weighted by Crippen LogP contribution is -2.13. The molecular weight excluding hydrogens is 322 g/mol. The van der Waals surface area contributed by atoms with Gasteiger partial charge in [-0.15, -0.1) is 5.10 Å². The molecule has 1 N–H and O–H groups in total. The number of hydrogen-bond donors (Lipinski definition) is 1. The van der Waals surface area contributed by atoms with Crippen LogP contribution in [0.4, 0.5) is 11.6 Å². The van der Waals surface area contributed by atoms with Crippen molar-refractivity contribution in [2.75, 3.05) is 5.32 Å². The monoisotopic (exact) mass is 337 g/mol. The molecular formula is C17H15N5O3. The lowest BCUT2D eigenvalue weighted by Gasteiger charge is -2.04. The molecule has 1 aromatic heterocycles. The van der Waals surface area contributed by atoms with Gasteiger partial charge in [-0.1, -0.05) is 24.3 Å². The van der Waals surface area contributed by atoms with Gasteiger partial charge in [0.1, 0.15) is 6.33 Å². The Hall–Kier alpha value is -3.55. The number of nitro groups is 1. The third-order valence-corrected chi connectivity index (χ3v) is 3.70. The first-order chi connectivity index (χ1) is 12.0. The SMILES string of the molecule is Cc1ccccc1Cn1cnc(NC(=O)c2ccc([N+](=O)[O-])cc2)n1. The lowest BCUT2D eigenvalue weighted by molar-refractivity contribution is -0.384. The quantitative estimate of drug-likeness (QED) is 0.569. The molecule has 2 aromatic carbocycles. The number of carbonyl (C=O) groups is 1. The van der Waals surface area contributed by atoms with Gasteiger partial charge in [-0.3, -0.25) is 20.2 Å². The first-order valence-corrected chi connectivity index (χ1v) is 7.52. The predicted molar refractivity (Wildman–Crippen MR) is 91.4 cm³/mol. The summed E-state index contributed by atoms with van der Waals surface area (Å²) >= 11 is 0. The summed E-state index contributed by atoms with van der Waals surface area (Å²) in [6.07, 6.45) is 1.54. The molecule has 0 saturated heterocycles. The fraction of sp³-hybridized carbons (Fsp3) is 0.118. The Morgan fingerprint density at radius 1 is 1.20 bits per heavy atom. The molecule has 3 rings (SSSR count). The summed E-state index contributed by atoms with van der Waals surface area (Å²) in [5.41, 5.74) is 2.48. The van der Waals surface area contributed by atoms with Gasteiger partial charge in [-0.2, -0.15) is 0 Å². The predicted octanol–water partition coefficient (Wildman–Crippen LogP) is 2.80. The zero-order valence-corrected chi connectivity index (χ0v) is 13.4. The van der Waals surface area contributed by atoms with Crippen LogP contribution in [0.25, 0.3) is 0 Å². The van der Waals surface area contributed by atoms with Crippen LogP contribution in [0.5, 0.6) is 0 Å². The second-order valence-corrected chi connectivity index (χ2v) is 5.45. The maximum Gasteiger partial charge on any atom is 0.269 e. The Bertz CT molecular complexity index is 918. The number of nitrogens with one attached hydrogen (secondary N) is 1. The highest BCUT2D eigenvalue weighted by Gasteiger charge is 2.12. The number of non-ortho nitro benzene ring substituents is 1. The Balaban J connectivity index is 1.67. The molecule has 0 spiro atoms. The van der Waals surface area contributed by atoms with E-state index in [1.54, 1.807) is 4.68 Å². The van der Waals surface area contributed by atoms with E-state index >= 15 is 0 Å². The van der Waals surface area contributed by atoms with Crippen LogP contribution in [0.2, 0.25) is 0 Å². The average molecular weight is 337 g/mol. The van der Waals surface area contributed by atoms with Crippen molar-refractivity contribution in [1.82, 2.24) is 14.8 Å². The smallest absolute Gasteiger partial charge is 0.269 e. The molecule has 0 radical (unpaired) electrons. The van der Waals surface area contributed by atoms with Crippen molar-refractivity contribution < 1.29 is 9.72 Å². The Labute approximate surface area is 143 Å². The lowest BCUT2D eigenvalue weighted by atomic mass is 10.1. The van der Waals surface area contributed by atoms with Crippen LogP contribution in [-0.4, -0.2) is 25.6 Å². The van der Waals surface area contributed by atoms with Gasteiger partial charge in [0.05, 0.1) is 11.5 Å². The fourth-order valence-corrected chi connectivity index (χ4v) is 2.30. The van der Waals surface area contributed by atoms with Crippen molar-refractivity contribution in [1.29, 1.82) is 0 Å². The number of aryl methyl sites for hydroxylation is 1.